The van der Waals surface area contributed by atoms with Crippen molar-refractivity contribution in [3.63, 3.8) is 0 Å². The zero-order valence-electron chi connectivity index (χ0n) is 49.0. The predicted octanol–water partition coefficient (Wildman–Crippen LogP) is 12.2. The molecule has 2 saturated carbocycles. The number of aromatic nitrogens is 2. The van der Waals surface area contributed by atoms with Crippen molar-refractivity contribution in [3.05, 3.63) is 127 Å². The maximum atomic E-state index is 15.7. The van der Waals surface area contributed by atoms with Gasteiger partial charge in [0.15, 0.2) is 10.3 Å². The molecule has 85 heavy (non-hydrogen) atoms. The van der Waals surface area contributed by atoms with Crippen LogP contribution in [0.2, 0.25) is 25.7 Å². The third-order valence-electron chi connectivity index (χ3n) is 15.1. The standard InChI is InChI=1S/C32H40BrF2N3O5SSi.C24H23BrF2N4O2S.C4H9NO/c1-30(2,3)43-29(40)38(19-42-13-14-45(6,7)8)28-37-31(4,26-17-32(26,44-28)27(39)41-5)22-15-20(9-11-23(22)34)16-24(35)25-12-10-21(33)18-36-25;1-23(20-12-24(20,34-22(28)30-23)21(32)31-6-8-33-9-7-31)16-10-14(2-4-17(16)26)11-18(27)19-5-3-15(25)13-29-19;1-3-6-4-2-5-1/h9-12,15-16,18,26H,13-14,17,19H2,1-8H3;2-5,10-11,13,20H,6-9,12H2,1H3,(H2,28,30);5H,1-4H2/b24-16-;18-11-;/t26-,31+,32-;20-,23+,24-;/m00./s1. The Hall–Kier alpha value is -4.99. The summed E-state index contributed by atoms with van der Waals surface area (Å²) >= 11 is 8.94. The number of amidine groups is 2. The molecule has 2 aromatic carbocycles. The summed E-state index contributed by atoms with van der Waals surface area (Å²) in [4.78, 5) is 61.0. The summed E-state index contributed by atoms with van der Waals surface area (Å²) < 4.78 is 87.7. The normalized spacial score (nSPS) is 25.5. The van der Waals surface area contributed by atoms with Crippen LogP contribution in [0.5, 0.6) is 0 Å². The number of nitrogens with zero attached hydrogens (tertiary/aromatic N) is 6. The number of nitrogens with one attached hydrogen (secondary N) is 1. The second-order valence-electron chi connectivity index (χ2n) is 23.8. The van der Waals surface area contributed by atoms with Gasteiger partial charge >= 0.3 is 12.1 Å². The van der Waals surface area contributed by atoms with Crippen LogP contribution in [0.15, 0.2) is 92.0 Å². The lowest BCUT2D eigenvalue weighted by atomic mass is 9.84. The number of benzene rings is 2. The fourth-order valence-electron chi connectivity index (χ4n) is 10.4. The number of thioether (sulfide) groups is 2. The second kappa shape index (κ2) is 27.2. The van der Waals surface area contributed by atoms with Gasteiger partial charge in [-0.3, -0.25) is 29.5 Å². The smallest absolute Gasteiger partial charge is 0.418 e. The molecule has 0 spiro atoms. The van der Waals surface area contributed by atoms with E-state index in [1.54, 1.807) is 63.8 Å². The van der Waals surface area contributed by atoms with E-state index in [2.05, 4.69) is 71.8 Å². The molecule has 25 heteroatoms. The van der Waals surface area contributed by atoms with Gasteiger partial charge in [-0.15, -0.1) is 0 Å². The quantitative estimate of drug-likeness (QED) is 0.0422. The van der Waals surface area contributed by atoms with E-state index < -0.39 is 75.5 Å². The number of nitrogens with two attached hydrogens (primary N) is 1. The van der Waals surface area contributed by atoms with Gasteiger partial charge in [-0.25, -0.2) is 27.3 Å². The summed E-state index contributed by atoms with van der Waals surface area (Å²) in [7, 11) is -0.123. The van der Waals surface area contributed by atoms with Crippen LogP contribution in [0.3, 0.4) is 0 Å². The number of hydrogen-bond acceptors (Lipinski definition) is 16. The second-order valence-corrected chi connectivity index (χ2v) is 33.9. The molecule has 10 rings (SSSR count). The summed E-state index contributed by atoms with van der Waals surface area (Å²) in [6, 6.07) is 16.0. The molecule has 4 aliphatic heterocycles. The zero-order chi connectivity index (χ0) is 61.7. The molecule has 2 saturated heterocycles. The number of esters is 1. The summed E-state index contributed by atoms with van der Waals surface area (Å²) in [5.41, 5.74) is 4.61. The van der Waals surface area contributed by atoms with Crippen molar-refractivity contribution in [3.8, 4) is 0 Å². The topological polar surface area (TPSA) is 192 Å². The van der Waals surface area contributed by atoms with E-state index in [9.17, 15) is 18.8 Å². The number of carbonyl (C=O) groups is 3. The molecule has 0 bridgehead atoms. The van der Waals surface area contributed by atoms with Gasteiger partial charge < -0.3 is 39.6 Å². The van der Waals surface area contributed by atoms with E-state index in [0.717, 1.165) is 48.6 Å². The number of hydrogen-bond donors (Lipinski definition) is 2. The van der Waals surface area contributed by atoms with Crippen molar-refractivity contribution in [1.82, 2.24) is 25.1 Å². The van der Waals surface area contributed by atoms with Gasteiger partial charge in [0.25, 0.3) is 0 Å². The molecule has 4 aromatic rings. The van der Waals surface area contributed by atoms with Gasteiger partial charge in [-0.1, -0.05) is 55.3 Å². The van der Waals surface area contributed by atoms with Crippen LogP contribution in [0.4, 0.5) is 22.4 Å². The van der Waals surface area contributed by atoms with Crippen molar-refractivity contribution in [2.45, 2.75) is 99.3 Å². The molecule has 6 aliphatic rings. The van der Waals surface area contributed by atoms with Crippen LogP contribution in [-0.2, 0) is 44.4 Å². The zero-order valence-corrected chi connectivity index (χ0v) is 54.8. The molecule has 0 radical (unpaired) electrons. The van der Waals surface area contributed by atoms with Gasteiger partial charge in [0.1, 0.15) is 45.1 Å². The van der Waals surface area contributed by atoms with Crippen molar-refractivity contribution >= 4 is 116 Å². The Morgan fingerprint density at radius 1 is 0.800 bits per heavy atom. The van der Waals surface area contributed by atoms with Gasteiger partial charge in [0.05, 0.1) is 56.0 Å². The molecule has 6 heterocycles. The molecule has 16 nitrogen and oxygen atoms in total. The Morgan fingerprint density at radius 2 is 1.32 bits per heavy atom. The first kappa shape index (κ1) is 66.0. The monoisotopic (exact) mass is 1360 g/mol. The fourth-order valence-corrected chi connectivity index (χ4v) is 14.7. The Morgan fingerprint density at radius 3 is 1.79 bits per heavy atom. The lowest BCUT2D eigenvalue weighted by Crippen LogP contribution is -2.49. The number of halogens is 6. The summed E-state index contributed by atoms with van der Waals surface area (Å²) in [5, 5.41) is 3.57. The SMILES string of the molecule is C1COCCN1.COC(=O)[C@]12C[C@H]1[C@@](C)(c1cc(/C=C(\F)c3ccc(Br)cn3)ccc1F)N=C(N(COCC[Si](C)(C)C)C(=O)OC(C)(C)C)S2.C[C@]1(c2cc(/C=C(\F)c3ccc(Br)cn3)ccc2F)N=C(N)S[C@@]2(C(=O)N3CCOCC3)C[C@H]21. The third-order valence-corrected chi connectivity index (χ3v) is 20.5. The average Bonchev–Trinajstić information content (AvgIpc) is 1.58. The van der Waals surface area contributed by atoms with Gasteiger partial charge in [-0.2, -0.15) is 0 Å². The number of ether oxygens (including phenoxy) is 5. The highest BCUT2D eigenvalue weighted by atomic mass is 79.9. The number of aliphatic imine (C=N–C) groups is 2. The fraction of sp³-hybridized carbons (Fsp3) is 0.483. The van der Waals surface area contributed by atoms with Crippen LogP contribution >= 0.6 is 55.4 Å². The van der Waals surface area contributed by atoms with E-state index in [4.69, 9.17) is 34.4 Å². The Labute approximate surface area is 520 Å². The molecule has 2 aromatic heterocycles. The van der Waals surface area contributed by atoms with Gasteiger partial charge in [-0.05, 0) is 157 Å². The Kier molecular flexibility index (Phi) is 21.1. The van der Waals surface area contributed by atoms with Gasteiger partial charge in [0, 0.05) is 85.2 Å². The first-order valence-electron chi connectivity index (χ1n) is 27.9. The Bertz CT molecular complexity index is 3230. The number of rotatable bonds is 13. The summed E-state index contributed by atoms with van der Waals surface area (Å²) in [5.74, 6) is -3.36. The van der Waals surface area contributed by atoms with E-state index in [1.165, 1.54) is 84.7 Å². The number of carbonyl (C=O) groups excluding carboxylic acids is 3. The molecule has 4 fully saturated rings. The molecule has 2 amide bonds. The average molecular weight is 1360 g/mol. The van der Waals surface area contributed by atoms with E-state index in [-0.39, 0.29) is 45.8 Å². The van der Waals surface area contributed by atoms with Crippen molar-refractivity contribution in [2.75, 3.05) is 73.1 Å². The largest absolute Gasteiger partial charge is 0.468 e. The minimum atomic E-state index is -1.42. The third kappa shape index (κ3) is 15.8. The number of amides is 2. The van der Waals surface area contributed by atoms with Crippen LogP contribution in [0.25, 0.3) is 23.8 Å². The van der Waals surface area contributed by atoms with Crippen LogP contribution in [0.1, 0.15) is 81.1 Å². The van der Waals surface area contributed by atoms with Crippen molar-refractivity contribution in [1.29, 1.82) is 0 Å². The molecule has 6 atom stereocenters. The van der Waals surface area contributed by atoms with E-state index in [0.29, 0.717) is 66.9 Å². The molecular weight excluding hydrogens is 1290 g/mol. The molecule has 3 N–H and O–H groups in total. The lowest BCUT2D eigenvalue weighted by Gasteiger charge is -2.37. The van der Waals surface area contributed by atoms with Crippen LogP contribution in [-0.4, -0.2) is 144 Å². The molecule has 2 aliphatic carbocycles. The highest BCUT2D eigenvalue weighted by molar-refractivity contribution is 9.10. The molecule has 458 valence electrons. The molecular formula is C60H72Br2F4N8O8S2Si. The van der Waals surface area contributed by atoms with Gasteiger partial charge in [0.2, 0.25) is 5.91 Å². The van der Waals surface area contributed by atoms with Crippen LogP contribution in [0, 0.1) is 23.5 Å². The van der Waals surface area contributed by atoms with E-state index >= 15 is 13.2 Å². The number of fused-ring (bicyclic) bond motifs is 2. The Balaban J connectivity index is 0.000000207. The maximum absolute atomic E-state index is 15.7. The summed E-state index contributed by atoms with van der Waals surface area (Å²) in [6.45, 7) is 21.6. The maximum Gasteiger partial charge on any atom is 0.418 e. The minimum absolute atomic E-state index is 0.00121. The van der Waals surface area contributed by atoms with E-state index in [1.807, 2.05) is 0 Å². The van der Waals surface area contributed by atoms with Crippen LogP contribution < -0.4 is 11.1 Å². The number of pyridine rings is 2. The summed E-state index contributed by atoms with van der Waals surface area (Å²) in [6.07, 6.45) is 5.76. The first-order valence-corrected chi connectivity index (χ1v) is 34.8. The van der Waals surface area contributed by atoms with Crippen molar-refractivity contribution in [2.24, 2.45) is 27.6 Å². The number of morpholine rings is 2. The highest BCUT2D eigenvalue weighted by Gasteiger charge is 2.73. The minimum Gasteiger partial charge on any atom is -0.468 e. The first-order chi connectivity index (χ1) is 40.1. The number of methoxy groups -OCH3 is 1. The lowest BCUT2D eigenvalue weighted by molar-refractivity contribution is -0.141. The predicted molar refractivity (Wildman–Crippen MR) is 335 cm³/mol. The van der Waals surface area contributed by atoms with Crippen molar-refractivity contribution < 1.29 is 55.6 Å². The molecule has 0 unspecified atom stereocenters. The highest BCUT2D eigenvalue weighted by Crippen LogP contribution is 2.68.